The highest BCUT2D eigenvalue weighted by Crippen LogP contribution is 2.25. The molecule has 0 aliphatic carbocycles. The fourth-order valence-electron chi connectivity index (χ4n) is 2.94. The summed E-state index contributed by atoms with van der Waals surface area (Å²) in [6.07, 6.45) is 0.987. The molecule has 2 aromatic carbocycles. The van der Waals surface area contributed by atoms with Crippen molar-refractivity contribution in [3.8, 4) is 0 Å². The summed E-state index contributed by atoms with van der Waals surface area (Å²) in [4.78, 5) is 38.1. The van der Waals surface area contributed by atoms with E-state index in [2.05, 4.69) is 17.8 Å². The van der Waals surface area contributed by atoms with Crippen molar-refractivity contribution in [1.82, 2.24) is 10.9 Å². The maximum atomic E-state index is 12.9. The number of rotatable bonds is 4. The Labute approximate surface area is 156 Å². The van der Waals surface area contributed by atoms with Crippen molar-refractivity contribution < 1.29 is 18.8 Å². The lowest BCUT2D eigenvalue weighted by molar-refractivity contribution is -0.126. The van der Waals surface area contributed by atoms with Crippen molar-refractivity contribution in [3.05, 3.63) is 65.5 Å². The minimum atomic E-state index is -0.558. The first kappa shape index (κ1) is 18.6. The number of hydrogen-bond acceptors (Lipinski definition) is 3. The van der Waals surface area contributed by atoms with Crippen LogP contribution >= 0.6 is 0 Å². The Bertz CT molecular complexity index is 850. The number of carbonyl (C=O) groups excluding carboxylic acids is 3. The minimum Gasteiger partial charge on any atom is -0.312 e. The number of aryl methyl sites for hydroxylation is 1. The quantitative estimate of drug-likeness (QED) is 0.811. The first-order valence-electron chi connectivity index (χ1n) is 8.73. The molecule has 1 heterocycles. The summed E-state index contributed by atoms with van der Waals surface area (Å²) >= 11 is 0. The Kier molecular flexibility index (Phi) is 5.49. The molecule has 2 aromatic rings. The van der Waals surface area contributed by atoms with Crippen LogP contribution in [-0.2, 0) is 16.0 Å². The number of nitrogens with zero attached hydrogens (tertiary/aromatic N) is 1. The first-order valence-corrected chi connectivity index (χ1v) is 8.73. The third-order valence-electron chi connectivity index (χ3n) is 4.56. The van der Waals surface area contributed by atoms with Crippen molar-refractivity contribution in [2.45, 2.75) is 19.8 Å². The minimum absolute atomic E-state index is 0.0772. The van der Waals surface area contributed by atoms with Gasteiger partial charge in [-0.15, -0.1) is 0 Å². The SMILES string of the molecule is CCc1ccc(N2C[C@H](C(=O)NNC(=O)c3ccc(F)cc3)CC2=O)cc1. The molecule has 7 heteroatoms. The second-order valence-electron chi connectivity index (χ2n) is 6.38. The van der Waals surface area contributed by atoms with Crippen LogP contribution < -0.4 is 15.8 Å². The summed E-state index contributed by atoms with van der Waals surface area (Å²) in [5, 5.41) is 0. The highest BCUT2D eigenvalue weighted by Gasteiger charge is 2.35. The molecule has 0 aromatic heterocycles. The maximum Gasteiger partial charge on any atom is 0.269 e. The number of benzene rings is 2. The van der Waals surface area contributed by atoms with Gasteiger partial charge in [-0.1, -0.05) is 19.1 Å². The average molecular weight is 369 g/mol. The summed E-state index contributed by atoms with van der Waals surface area (Å²) < 4.78 is 12.9. The zero-order chi connectivity index (χ0) is 19.4. The van der Waals surface area contributed by atoms with Crippen LogP contribution in [0.1, 0.15) is 29.3 Å². The molecule has 1 fully saturated rings. The number of halogens is 1. The van der Waals surface area contributed by atoms with Gasteiger partial charge in [-0.05, 0) is 48.4 Å². The second kappa shape index (κ2) is 7.99. The predicted octanol–water partition coefficient (Wildman–Crippen LogP) is 2.20. The van der Waals surface area contributed by atoms with E-state index >= 15 is 0 Å². The lowest BCUT2D eigenvalue weighted by atomic mass is 10.1. The van der Waals surface area contributed by atoms with Gasteiger partial charge in [-0.2, -0.15) is 0 Å². The third kappa shape index (κ3) is 4.31. The molecule has 0 bridgehead atoms. The van der Waals surface area contributed by atoms with E-state index in [0.29, 0.717) is 0 Å². The van der Waals surface area contributed by atoms with Gasteiger partial charge in [0, 0.05) is 24.2 Å². The van der Waals surface area contributed by atoms with E-state index in [1.54, 1.807) is 4.90 Å². The molecule has 27 heavy (non-hydrogen) atoms. The molecule has 1 aliphatic heterocycles. The van der Waals surface area contributed by atoms with E-state index in [-0.39, 0.29) is 24.4 Å². The topological polar surface area (TPSA) is 78.5 Å². The van der Waals surface area contributed by atoms with Gasteiger partial charge in [-0.25, -0.2) is 4.39 Å². The molecule has 0 saturated carbocycles. The highest BCUT2D eigenvalue weighted by molar-refractivity contribution is 6.01. The van der Waals surface area contributed by atoms with Gasteiger partial charge in [0.1, 0.15) is 5.82 Å². The second-order valence-corrected chi connectivity index (χ2v) is 6.38. The van der Waals surface area contributed by atoms with Crippen LogP contribution in [-0.4, -0.2) is 24.3 Å². The Balaban J connectivity index is 1.56. The Morgan fingerprint density at radius 1 is 1.07 bits per heavy atom. The molecule has 1 atom stereocenters. The van der Waals surface area contributed by atoms with Crippen molar-refractivity contribution in [2.24, 2.45) is 5.92 Å². The van der Waals surface area contributed by atoms with E-state index in [9.17, 15) is 18.8 Å². The first-order chi connectivity index (χ1) is 13.0. The third-order valence-corrected chi connectivity index (χ3v) is 4.56. The van der Waals surface area contributed by atoms with Gasteiger partial charge >= 0.3 is 0 Å². The molecule has 0 spiro atoms. The number of hydrogen-bond donors (Lipinski definition) is 2. The van der Waals surface area contributed by atoms with Crippen LogP contribution in [0.15, 0.2) is 48.5 Å². The summed E-state index contributed by atoms with van der Waals surface area (Å²) in [6, 6.07) is 12.6. The van der Waals surface area contributed by atoms with Gasteiger partial charge < -0.3 is 4.90 Å². The van der Waals surface area contributed by atoms with Gasteiger partial charge in [-0.3, -0.25) is 25.2 Å². The zero-order valence-electron chi connectivity index (χ0n) is 14.9. The number of anilines is 1. The number of amides is 3. The monoisotopic (exact) mass is 369 g/mol. The van der Waals surface area contributed by atoms with Crippen molar-refractivity contribution in [1.29, 1.82) is 0 Å². The molecule has 3 rings (SSSR count). The van der Waals surface area contributed by atoms with Crippen molar-refractivity contribution in [2.75, 3.05) is 11.4 Å². The normalized spacial score (nSPS) is 16.3. The van der Waals surface area contributed by atoms with E-state index in [1.807, 2.05) is 24.3 Å². The average Bonchev–Trinajstić information content (AvgIpc) is 3.08. The Morgan fingerprint density at radius 2 is 1.74 bits per heavy atom. The van der Waals surface area contributed by atoms with Gasteiger partial charge in [0.05, 0.1) is 5.92 Å². The number of nitrogens with one attached hydrogen (secondary N) is 2. The molecular formula is C20H20FN3O3. The van der Waals surface area contributed by atoms with Gasteiger partial charge in [0.25, 0.3) is 5.91 Å². The lowest BCUT2D eigenvalue weighted by Crippen LogP contribution is -2.45. The maximum absolute atomic E-state index is 12.9. The van der Waals surface area contributed by atoms with Crippen LogP contribution in [0.5, 0.6) is 0 Å². The molecule has 3 amide bonds. The Hall–Kier alpha value is -3.22. The van der Waals surface area contributed by atoms with Gasteiger partial charge in [0.2, 0.25) is 11.8 Å². The van der Waals surface area contributed by atoms with Gasteiger partial charge in [0.15, 0.2) is 0 Å². The Morgan fingerprint density at radius 3 is 2.37 bits per heavy atom. The van der Waals surface area contributed by atoms with Crippen LogP contribution in [0, 0.1) is 11.7 Å². The molecule has 2 N–H and O–H groups in total. The van der Waals surface area contributed by atoms with E-state index in [4.69, 9.17) is 0 Å². The number of hydrazine groups is 1. The molecule has 0 radical (unpaired) electrons. The smallest absolute Gasteiger partial charge is 0.269 e. The van der Waals surface area contributed by atoms with Crippen molar-refractivity contribution >= 4 is 23.4 Å². The lowest BCUT2D eigenvalue weighted by Gasteiger charge is -2.17. The molecule has 6 nitrogen and oxygen atoms in total. The molecular weight excluding hydrogens is 349 g/mol. The fourth-order valence-corrected chi connectivity index (χ4v) is 2.94. The van der Waals surface area contributed by atoms with E-state index < -0.39 is 23.5 Å². The highest BCUT2D eigenvalue weighted by atomic mass is 19.1. The van der Waals surface area contributed by atoms with Crippen LogP contribution in [0.3, 0.4) is 0 Å². The summed E-state index contributed by atoms with van der Waals surface area (Å²) in [5.74, 6) is -2.14. The standard InChI is InChI=1S/C20H20FN3O3/c1-2-13-3-9-17(10-4-13)24-12-15(11-18(24)25)20(27)23-22-19(26)14-5-7-16(21)8-6-14/h3-10,15H,2,11-12H2,1H3,(H,22,26)(H,23,27)/t15-/m1/s1. The van der Waals surface area contributed by atoms with Crippen molar-refractivity contribution in [3.63, 3.8) is 0 Å². The molecule has 1 saturated heterocycles. The zero-order valence-corrected chi connectivity index (χ0v) is 14.9. The molecule has 1 aliphatic rings. The van der Waals surface area contributed by atoms with Crippen LogP contribution in [0.25, 0.3) is 0 Å². The molecule has 0 unspecified atom stereocenters. The van der Waals surface area contributed by atoms with E-state index in [1.165, 1.54) is 17.7 Å². The number of carbonyl (C=O) groups is 3. The van der Waals surface area contributed by atoms with Crippen LogP contribution in [0.2, 0.25) is 0 Å². The fraction of sp³-hybridized carbons (Fsp3) is 0.250. The van der Waals surface area contributed by atoms with Crippen LogP contribution in [0.4, 0.5) is 10.1 Å². The largest absolute Gasteiger partial charge is 0.312 e. The summed E-state index contributed by atoms with van der Waals surface area (Å²) in [5.41, 5.74) is 6.77. The molecule has 140 valence electrons. The predicted molar refractivity (Wildman–Crippen MR) is 98.3 cm³/mol. The van der Waals surface area contributed by atoms with E-state index in [0.717, 1.165) is 24.2 Å². The summed E-state index contributed by atoms with van der Waals surface area (Å²) in [7, 11) is 0. The summed E-state index contributed by atoms with van der Waals surface area (Å²) in [6.45, 7) is 2.30.